The number of nitrogens with two attached hydrogens (primary N) is 1. The molecule has 20 heavy (non-hydrogen) atoms. The first-order valence-electron chi connectivity index (χ1n) is 6.84. The highest BCUT2D eigenvalue weighted by molar-refractivity contribution is 7.89. The van der Waals surface area contributed by atoms with E-state index in [1.807, 2.05) is 20.8 Å². The number of benzene rings is 1. The maximum absolute atomic E-state index is 12.9. The second-order valence-electron chi connectivity index (χ2n) is 5.63. The van der Waals surface area contributed by atoms with E-state index >= 15 is 0 Å². The third kappa shape index (κ3) is 2.62. The van der Waals surface area contributed by atoms with Gasteiger partial charge in [0.1, 0.15) is 10.6 Å². The summed E-state index contributed by atoms with van der Waals surface area (Å²) in [4.78, 5) is 0.161. The molecule has 0 amide bonds. The van der Waals surface area contributed by atoms with Crippen LogP contribution in [0.15, 0.2) is 23.1 Å². The van der Waals surface area contributed by atoms with Gasteiger partial charge < -0.3 is 10.5 Å². The van der Waals surface area contributed by atoms with Crippen LogP contribution >= 0.6 is 0 Å². The molecule has 1 heterocycles. The highest BCUT2D eigenvalue weighted by Crippen LogP contribution is 2.37. The summed E-state index contributed by atoms with van der Waals surface area (Å²) in [6.45, 7) is 6.67. The number of rotatable bonds is 4. The minimum atomic E-state index is -3.59. The van der Waals surface area contributed by atoms with Crippen LogP contribution in [0.25, 0.3) is 0 Å². The normalized spacial score (nSPS) is 19.1. The highest BCUT2D eigenvalue weighted by Gasteiger charge is 2.42. The number of sulfonamides is 1. The summed E-state index contributed by atoms with van der Waals surface area (Å²) >= 11 is 0. The van der Waals surface area contributed by atoms with E-state index in [0.717, 1.165) is 12.8 Å². The Balaban J connectivity index is 2.51. The average molecular weight is 298 g/mol. The smallest absolute Gasteiger partial charge is 0.247 e. The van der Waals surface area contributed by atoms with E-state index in [-0.39, 0.29) is 10.4 Å². The maximum atomic E-state index is 12.9. The Hall–Kier alpha value is -1.27. The van der Waals surface area contributed by atoms with E-state index in [4.69, 9.17) is 10.5 Å². The van der Waals surface area contributed by atoms with Crippen molar-refractivity contribution in [2.45, 2.75) is 44.0 Å². The van der Waals surface area contributed by atoms with E-state index in [0.29, 0.717) is 24.6 Å². The minimum Gasteiger partial charge on any atom is -0.492 e. The van der Waals surface area contributed by atoms with Crippen LogP contribution in [0.2, 0.25) is 0 Å². The van der Waals surface area contributed by atoms with Crippen LogP contribution < -0.4 is 10.5 Å². The van der Waals surface area contributed by atoms with Crippen molar-refractivity contribution in [1.29, 1.82) is 0 Å². The van der Waals surface area contributed by atoms with Gasteiger partial charge in [-0.25, -0.2) is 8.42 Å². The molecule has 1 saturated heterocycles. The molecule has 0 aromatic heterocycles. The fourth-order valence-corrected chi connectivity index (χ4v) is 4.66. The molecule has 1 aliphatic heterocycles. The SMILES string of the molecule is CCOc1ccc(N)cc1S(=O)(=O)N1CCCC1(C)C. The van der Waals surface area contributed by atoms with Crippen molar-refractivity contribution >= 4 is 15.7 Å². The van der Waals surface area contributed by atoms with Gasteiger partial charge in [-0.3, -0.25) is 0 Å². The lowest BCUT2D eigenvalue weighted by Gasteiger charge is -2.31. The van der Waals surface area contributed by atoms with Crippen molar-refractivity contribution in [2.24, 2.45) is 0 Å². The molecule has 0 atom stereocenters. The fraction of sp³-hybridized carbons (Fsp3) is 0.571. The van der Waals surface area contributed by atoms with Gasteiger partial charge in [-0.05, 0) is 51.8 Å². The second kappa shape index (κ2) is 5.26. The summed E-state index contributed by atoms with van der Waals surface area (Å²) in [5.41, 5.74) is 5.80. The van der Waals surface area contributed by atoms with Crippen LogP contribution in [-0.4, -0.2) is 31.4 Å². The van der Waals surface area contributed by atoms with Gasteiger partial charge in [-0.2, -0.15) is 4.31 Å². The predicted octanol–water partition coefficient (Wildman–Crippen LogP) is 2.23. The van der Waals surface area contributed by atoms with Crippen LogP contribution in [-0.2, 0) is 10.0 Å². The first kappa shape index (κ1) is 15.1. The molecule has 5 nitrogen and oxygen atoms in total. The molecular formula is C14H22N2O3S. The van der Waals surface area contributed by atoms with Crippen molar-refractivity contribution in [2.75, 3.05) is 18.9 Å². The largest absolute Gasteiger partial charge is 0.492 e. The molecule has 2 N–H and O–H groups in total. The van der Waals surface area contributed by atoms with E-state index < -0.39 is 10.0 Å². The van der Waals surface area contributed by atoms with Crippen LogP contribution in [0.3, 0.4) is 0 Å². The molecule has 0 bridgehead atoms. The van der Waals surface area contributed by atoms with E-state index in [2.05, 4.69) is 0 Å². The van der Waals surface area contributed by atoms with E-state index in [9.17, 15) is 8.42 Å². The number of anilines is 1. The van der Waals surface area contributed by atoms with Crippen LogP contribution in [0.5, 0.6) is 5.75 Å². The molecule has 1 aromatic rings. The van der Waals surface area contributed by atoms with Gasteiger partial charge in [0.2, 0.25) is 10.0 Å². The molecule has 0 spiro atoms. The summed E-state index contributed by atoms with van der Waals surface area (Å²) in [7, 11) is -3.59. The molecule has 1 aromatic carbocycles. The summed E-state index contributed by atoms with van der Waals surface area (Å²) < 4.78 is 32.8. The van der Waals surface area contributed by atoms with Gasteiger partial charge >= 0.3 is 0 Å². The number of ether oxygens (including phenoxy) is 1. The Morgan fingerprint density at radius 2 is 2.10 bits per heavy atom. The molecule has 1 aliphatic rings. The first-order valence-corrected chi connectivity index (χ1v) is 8.28. The third-order valence-corrected chi connectivity index (χ3v) is 5.79. The predicted molar refractivity (Wildman–Crippen MR) is 79.2 cm³/mol. The molecule has 0 unspecified atom stereocenters. The molecular weight excluding hydrogens is 276 g/mol. The van der Waals surface area contributed by atoms with Gasteiger partial charge in [-0.15, -0.1) is 0 Å². The average Bonchev–Trinajstić information content (AvgIpc) is 2.72. The first-order chi connectivity index (χ1) is 9.29. The van der Waals surface area contributed by atoms with Gasteiger partial charge in [0, 0.05) is 17.8 Å². The molecule has 0 saturated carbocycles. The summed E-state index contributed by atoms with van der Waals surface area (Å²) in [6.07, 6.45) is 1.73. The number of nitrogens with zero attached hydrogens (tertiary/aromatic N) is 1. The zero-order valence-electron chi connectivity index (χ0n) is 12.2. The van der Waals surface area contributed by atoms with Gasteiger partial charge in [-0.1, -0.05) is 0 Å². The van der Waals surface area contributed by atoms with Crippen LogP contribution in [0, 0.1) is 0 Å². The topological polar surface area (TPSA) is 72.6 Å². The van der Waals surface area contributed by atoms with E-state index in [1.54, 1.807) is 16.4 Å². The van der Waals surface area contributed by atoms with Crippen molar-refractivity contribution in [3.8, 4) is 5.75 Å². The highest BCUT2D eigenvalue weighted by atomic mass is 32.2. The second-order valence-corrected chi connectivity index (χ2v) is 7.46. The lowest BCUT2D eigenvalue weighted by molar-refractivity contribution is 0.288. The van der Waals surface area contributed by atoms with Crippen LogP contribution in [0.4, 0.5) is 5.69 Å². The van der Waals surface area contributed by atoms with Crippen molar-refractivity contribution in [3.05, 3.63) is 18.2 Å². The molecule has 1 fully saturated rings. The van der Waals surface area contributed by atoms with Gasteiger partial charge in [0.25, 0.3) is 0 Å². The van der Waals surface area contributed by atoms with Crippen molar-refractivity contribution in [3.63, 3.8) is 0 Å². The maximum Gasteiger partial charge on any atom is 0.247 e. The Kier molecular flexibility index (Phi) is 3.97. The zero-order chi connectivity index (χ0) is 15.0. The summed E-state index contributed by atoms with van der Waals surface area (Å²) in [5.74, 6) is 0.365. The van der Waals surface area contributed by atoms with Gasteiger partial charge in [0.15, 0.2) is 0 Å². The standard InChI is InChI=1S/C14H22N2O3S/c1-4-19-12-7-6-11(15)10-13(12)20(17,18)16-9-5-8-14(16,2)3/h6-7,10H,4-5,8-9,15H2,1-3H3. The quantitative estimate of drug-likeness (QED) is 0.865. The Labute approximate surface area is 120 Å². The summed E-state index contributed by atoms with van der Waals surface area (Å²) in [6, 6.07) is 4.75. The van der Waals surface area contributed by atoms with Crippen molar-refractivity contribution < 1.29 is 13.2 Å². The molecule has 0 aliphatic carbocycles. The lowest BCUT2D eigenvalue weighted by atomic mass is 10.0. The van der Waals surface area contributed by atoms with E-state index in [1.165, 1.54) is 6.07 Å². The van der Waals surface area contributed by atoms with Crippen molar-refractivity contribution in [1.82, 2.24) is 4.31 Å². The number of hydrogen-bond acceptors (Lipinski definition) is 4. The van der Waals surface area contributed by atoms with Gasteiger partial charge in [0.05, 0.1) is 6.61 Å². The Bertz CT molecular complexity index is 596. The number of hydrogen-bond donors (Lipinski definition) is 1. The molecule has 2 rings (SSSR count). The molecule has 6 heteroatoms. The minimum absolute atomic E-state index is 0.161. The lowest BCUT2D eigenvalue weighted by Crippen LogP contribution is -2.42. The zero-order valence-corrected chi connectivity index (χ0v) is 13.0. The Morgan fingerprint density at radius 1 is 1.40 bits per heavy atom. The monoisotopic (exact) mass is 298 g/mol. The third-order valence-electron chi connectivity index (χ3n) is 3.66. The Morgan fingerprint density at radius 3 is 2.65 bits per heavy atom. The molecule has 112 valence electrons. The van der Waals surface area contributed by atoms with Crippen LogP contribution in [0.1, 0.15) is 33.6 Å². The molecule has 0 radical (unpaired) electrons. The fourth-order valence-electron chi connectivity index (χ4n) is 2.65. The number of nitrogen functional groups attached to an aromatic ring is 1. The summed E-state index contributed by atoms with van der Waals surface area (Å²) in [5, 5.41) is 0.